The van der Waals surface area contributed by atoms with Gasteiger partial charge in [-0.3, -0.25) is 4.99 Å². The van der Waals surface area contributed by atoms with E-state index in [-0.39, 0.29) is 5.70 Å². The lowest BCUT2D eigenvalue weighted by Crippen LogP contribution is -1.97. The zero-order chi connectivity index (χ0) is 7.72. The summed E-state index contributed by atoms with van der Waals surface area (Å²) in [4.78, 5) is 14.3. The Morgan fingerprint density at radius 1 is 1.60 bits per heavy atom. The van der Waals surface area contributed by atoms with Crippen LogP contribution in [0.25, 0.3) is 0 Å². The van der Waals surface area contributed by atoms with Crippen molar-refractivity contribution in [3.63, 3.8) is 0 Å². The predicted octanol–water partition coefficient (Wildman–Crippen LogP) is 1.21. The van der Waals surface area contributed by atoms with Gasteiger partial charge in [-0.15, -0.1) is 0 Å². The molecule has 0 aromatic heterocycles. The summed E-state index contributed by atoms with van der Waals surface area (Å²) in [5.41, 5.74) is 1.96. The summed E-state index contributed by atoms with van der Waals surface area (Å²) in [5, 5.41) is 8.54. The monoisotopic (exact) mass is 139 g/mol. The molecule has 3 nitrogen and oxygen atoms in total. The molecule has 0 saturated carbocycles. The quantitative estimate of drug-likeness (QED) is 0.593. The lowest BCUT2D eigenvalue weighted by Gasteiger charge is -1.90. The first-order valence-corrected chi connectivity index (χ1v) is 3.08. The second-order valence-corrected chi connectivity index (χ2v) is 2.46. The van der Waals surface area contributed by atoms with E-state index < -0.39 is 5.97 Å². The molecule has 1 aliphatic rings. The largest absolute Gasteiger partial charge is 0.477 e. The molecular formula is C7H9NO2. The van der Waals surface area contributed by atoms with Crippen LogP contribution < -0.4 is 0 Å². The van der Waals surface area contributed by atoms with Crippen molar-refractivity contribution in [3.8, 4) is 0 Å². The molecule has 0 aliphatic carbocycles. The van der Waals surface area contributed by atoms with Gasteiger partial charge in [-0.25, -0.2) is 4.79 Å². The van der Waals surface area contributed by atoms with Gasteiger partial charge in [0.05, 0.1) is 0 Å². The van der Waals surface area contributed by atoms with Crippen LogP contribution in [0.4, 0.5) is 0 Å². The van der Waals surface area contributed by atoms with Gasteiger partial charge in [0.1, 0.15) is 5.70 Å². The van der Waals surface area contributed by atoms with Gasteiger partial charge in [-0.1, -0.05) is 0 Å². The number of carboxylic acids is 1. The van der Waals surface area contributed by atoms with Crippen LogP contribution in [0.3, 0.4) is 0 Å². The average molecular weight is 139 g/mol. The standard InChI is InChI=1S/C7H9NO2/c1-4-3-5(2)8-6(4)7(9)10/h3H2,1-2H3,(H,9,10). The molecule has 1 rings (SSSR count). The van der Waals surface area contributed by atoms with E-state index in [0.29, 0.717) is 6.42 Å². The number of aliphatic imine (C=N–C) groups is 1. The molecule has 1 aliphatic heterocycles. The minimum atomic E-state index is -0.922. The first-order valence-electron chi connectivity index (χ1n) is 3.08. The molecule has 0 radical (unpaired) electrons. The van der Waals surface area contributed by atoms with E-state index in [1.807, 2.05) is 6.92 Å². The first-order chi connectivity index (χ1) is 4.61. The number of hydrogen-bond donors (Lipinski definition) is 1. The highest BCUT2D eigenvalue weighted by atomic mass is 16.4. The SMILES string of the molecule is CC1=NC(C(=O)O)=C(C)C1. The molecule has 0 spiro atoms. The second kappa shape index (κ2) is 2.25. The zero-order valence-electron chi connectivity index (χ0n) is 6.01. The zero-order valence-corrected chi connectivity index (χ0v) is 6.01. The normalized spacial score (nSPS) is 17.6. The highest BCUT2D eigenvalue weighted by molar-refractivity contribution is 5.98. The van der Waals surface area contributed by atoms with E-state index in [0.717, 1.165) is 11.3 Å². The molecule has 0 bridgehead atoms. The van der Waals surface area contributed by atoms with Crippen molar-refractivity contribution in [3.05, 3.63) is 11.3 Å². The van der Waals surface area contributed by atoms with Gasteiger partial charge in [0.2, 0.25) is 0 Å². The Morgan fingerprint density at radius 3 is 2.40 bits per heavy atom. The summed E-state index contributed by atoms with van der Waals surface area (Å²) in [6, 6.07) is 0. The molecule has 0 unspecified atom stereocenters. The molecule has 1 N–H and O–H groups in total. The summed E-state index contributed by atoms with van der Waals surface area (Å²) in [6.07, 6.45) is 0.710. The fraction of sp³-hybridized carbons (Fsp3) is 0.429. The Hall–Kier alpha value is -1.12. The van der Waals surface area contributed by atoms with Crippen LogP contribution in [0.2, 0.25) is 0 Å². The van der Waals surface area contributed by atoms with Crippen LogP contribution in [0.5, 0.6) is 0 Å². The fourth-order valence-electron chi connectivity index (χ4n) is 1.02. The fourth-order valence-corrected chi connectivity index (χ4v) is 1.02. The molecule has 0 fully saturated rings. The van der Waals surface area contributed by atoms with Crippen molar-refractivity contribution in [1.82, 2.24) is 0 Å². The Labute approximate surface area is 59.1 Å². The maximum atomic E-state index is 10.4. The van der Waals surface area contributed by atoms with E-state index in [4.69, 9.17) is 5.11 Å². The van der Waals surface area contributed by atoms with Gasteiger partial charge in [-0.2, -0.15) is 0 Å². The Morgan fingerprint density at radius 2 is 2.20 bits per heavy atom. The average Bonchev–Trinajstić information content (AvgIpc) is 2.10. The van der Waals surface area contributed by atoms with Gasteiger partial charge in [0.25, 0.3) is 0 Å². The molecule has 10 heavy (non-hydrogen) atoms. The molecule has 0 aromatic rings. The van der Waals surface area contributed by atoms with Gasteiger partial charge in [-0.05, 0) is 19.4 Å². The number of allylic oxidation sites excluding steroid dienone is 1. The van der Waals surface area contributed by atoms with Crippen molar-refractivity contribution in [2.45, 2.75) is 20.3 Å². The van der Waals surface area contributed by atoms with Crippen molar-refractivity contribution >= 4 is 11.7 Å². The molecule has 0 aromatic carbocycles. The van der Waals surface area contributed by atoms with Crippen LogP contribution in [0, 0.1) is 0 Å². The van der Waals surface area contributed by atoms with E-state index in [1.165, 1.54) is 0 Å². The maximum absolute atomic E-state index is 10.4. The third-order valence-corrected chi connectivity index (χ3v) is 1.43. The van der Waals surface area contributed by atoms with E-state index in [9.17, 15) is 4.79 Å². The molecule has 0 atom stereocenters. The van der Waals surface area contributed by atoms with Crippen molar-refractivity contribution in [2.75, 3.05) is 0 Å². The lowest BCUT2D eigenvalue weighted by molar-refractivity contribution is -0.132. The van der Waals surface area contributed by atoms with E-state index in [2.05, 4.69) is 4.99 Å². The topological polar surface area (TPSA) is 49.7 Å². The van der Waals surface area contributed by atoms with Crippen LogP contribution in [0.1, 0.15) is 20.3 Å². The van der Waals surface area contributed by atoms with Crippen LogP contribution in [0.15, 0.2) is 16.3 Å². The van der Waals surface area contributed by atoms with Crippen molar-refractivity contribution < 1.29 is 9.90 Å². The van der Waals surface area contributed by atoms with Gasteiger partial charge in [0.15, 0.2) is 0 Å². The summed E-state index contributed by atoms with van der Waals surface area (Å²) < 4.78 is 0. The minimum absolute atomic E-state index is 0.220. The number of hydrogen-bond acceptors (Lipinski definition) is 2. The van der Waals surface area contributed by atoms with Crippen LogP contribution in [-0.4, -0.2) is 16.8 Å². The predicted molar refractivity (Wildman–Crippen MR) is 38.1 cm³/mol. The number of carboxylic acid groups (broad SMARTS) is 1. The Kier molecular flexibility index (Phi) is 1.57. The van der Waals surface area contributed by atoms with E-state index in [1.54, 1.807) is 6.92 Å². The second-order valence-electron chi connectivity index (χ2n) is 2.46. The number of aliphatic carboxylic acids is 1. The molecule has 3 heteroatoms. The molecule has 54 valence electrons. The number of nitrogens with zero attached hydrogens (tertiary/aromatic N) is 1. The Balaban J connectivity index is 2.93. The summed E-state index contributed by atoms with van der Waals surface area (Å²) in [7, 11) is 0. The molecular weight excluding hydrogens is 130 g/mol. The van der Waals surface area contributed by atoms with Crippen LogP contribution >= 0.6 is 0 Å². The summed E-state index contributed by atoms with van der Waals surface area (Å²) in [5.74, 6) is -0.922. The highest BCUT2D eigenvalue weighted by Crippen LogP contribution is 2.18. The smallest absolute Gasteiger partial charge is 0.354 e. The third kappa shape index (κ3) is 1.07. The highest BCUT2D eigenvalue weighted by Gasteiger charge is 2.16. The van der Waals surface area contributed by atoms with E-state index >= 15 is 0 Å². The molecule has 1 heterocycles. The minimum Gasteiger partial charge on any atom is -0.477 e. The van der Waals surface area contributed by atoms with Gasteiger partial charge < -0.3 is 5.11 Å². The Bertz CT molecular complexity index is 238. The first kappa shape index (κ1) is 6.99. The van der Waals surface area contributed by atoms with Gasteiger partial charge in [0, 0.05) is 12.1 Å². The van der Waals surface area contributed by atoms with Gasteiger partial charge >= 0.3 is 5.97 Å². The third-order valence-electron chi connectivity index (χ3n) is 1.43. The number of carbonyl (C=O) groups is 1. The maximum Gasteiger partial charge on any atom is 0.354 e. The van der Waals surface area contributed by atoms with Crippen molar-refractivity contribution in [2.24, 2.45) is 4.99 Å². The van der Waals surface area contributed by atoms with Crippen molar-refractivity contribution in [1.29, 1.82) is 0 Å². The summed E-state index contributed by atoms with van der Waals surface area (Å²) >= 11 is 0. The molecule has 0 amide bonds. The number of rotatable bonds is 1. The summed E-state index contributed by atoms with van der Waals surface area (Å²) in [6.45, 7) is 3.63. The molecule has 0 saturated heterocycles. The van der Waals surface area contributed by atoms with Crippen LogP contribution in [-0.2, 0) is 4.79 Å². The lowest BCUT2D eigenvalue weighted by atomic mass is 10.2.